The number of hydrogen-bond acceptors (Lipinski definition) is 3. The molecule has 1 rings (SSSR count). The minimum atomic E-state index is -1.23. The highest BCUT2D eigenvalue weighted by Crippen LogP contribution is 2.16. The minimum Gasteiger partial charge on any atom is -0.591 e. The lowest BCUT2D eigenvalue weighted by molar-refractivity contribution is 0.562. The predicted octanol–water partition coefficient (Wildman–Crippen LogP) is 2.73. The van der Waals surface area contributed by atoms with Gasteiger partial charge in [-0.2, -0.15) is 0 Å². The topological polar surface area (TPSA) is 48.3 Å². The van der Waals surface area contributed by atoms with Crippen LogP contribution in [-0.4, -0.2) is 20.5 Å². The van der Waals surface area contributed by atoms with Gasteiger partial charge in [0, 0.05) is 0 Å². The van der Waals surface area contributed by atoms with Crippen LogP contribution >= 0.6 is 15.9 Å². The van der Waals surface area contributed by atoms with Crippen LogP contribution in [0.3, 0.4) is 0 Å². The highest BCUT2D eigenvalue weighted by molar-refractivity contribution is 9.10. The van der Waals surface area contributed by atoms with Crippen molar-refractivity contribution in [3.63, 3.8) is 0 Å². The van der Waals surface area contributed by atoms with Gasteiger partial charge in [-0.15, -0.1) is 0 Å². The zero-order valence-corrected chi connectivity index (χ0v) is 11.3. The summed E-state index contributed by atoms with van der Waals surface area (Å²) in [4.78, 5) is 4.16. The second-order valence-corrected chi connectivity index (χ2v) is 6.73. The molecular formula is C10H13BrN2OS. The van der Waals surface area contributed by atoms with Crippen molar-refractivity contribution in [3.8, 4) is 0 Å². The Morgan fingerprint density at radius 3 is 2.67 bits per heavy atom. The van der Waals surface area contributed by atoms with Gasteiger partial charge in [0.2, 0.25) is 0 Å². The zero-order valence-electron chi connectivity index (χ0n) is 8.90. The van der Waals surface area contributed by atoms with Gasteiger partial charge in [-0.25, -0.2) is 4.98 Å². The predicted molar refractivity (Wildman–Crippen MR) is 67.4 cm³/mol. The molecule has 0 radical (unpaired) electrons. The van der Waals surface area contributed by atoms with Crippen molar-refractivity contribution in [3.05, 3.63) is 28.5 Å². The van der Waals surface area contributed by atoms with Crippen LogP contribution in [0.15, 0.2) is 27.2 Å². The summed E-state index contributed by atoms with van der Waals surface area (Å²) in [5.41, 5.74) is 0.696. The van der Waals surface area contributed by atoms with Gasteiger partial charge in [0.1, 0.15) is 26.9 Å². The Morgan fingerprint density at radius 1 is 1.47 bits per heavy atom. The lowest BCUT2D eigenvalue weighted by Gasteiger charge is -2.17. The van der Waals surface area contributed by atoms with Crippen LogP contribution in [0.5, 0.6) is 0 Å². The van der Waals surface area contributed by atoms with E-state index in [1.807, 2.05) is 39.0 Å². The van der Waals surface area contributed by atoms with Crippen LogP contribution in [0.4, 0.5) is 0 Å². The van der Waals surface area contributed by atoms with Gasteiger partial charge in [0.15, 0.2) is 0 Å². The minimum absolute atomic E-state index is 0.331. The summed E-state index contributed by atoms with van der Waals surface area (Å²) in [5, 5.41) is 0. The van der Waals surface area contributed by atoms with Crippen LogP contribution in [0.2, 0.25) is 0 Å². The van der Waals surface area contributed by atoms with Crippen LogP contribution in [0, 0.1) is 0 Å². The van der Waals surface area contributed by atoms with E-state index in [0.29, 0.717) is 5.69 Å². The maximum atomic E-state index is 11.6. The fourth-order valence-corrected chi connectivity index (χ4v) is 1.63. The fourth-order valence-electron chi connectivity index (χ4n) is 0.756. The Kier molecular flexibility index (Phi) is 4.31. The third-order valence-electron chi connectivity index (χ3n) is 1.54. The summed E-state index contributed by atoms with van der Waals surface area (Å²) < 4.78 is 16.0. The molecule has 0 saturated heterocycles. The maximum absolute atomic E-state index is 11.6. The van der Waals surface area contributed by atoms with Gasteiger partial charge < -0.3 is 4.55 Å². The number of nitrogens with zero attached hydrogens (tertiary/aromatic N) is 2. The number of pyridine rings is 1. The molecule has 0 unspecified atom stereocenters. The Labute approximate surface area is 101 Å². The molecule has 1 aromatic heterocycles. The zero-order chi connectivity index (χ0) is 11.5. The molecular weight excluding hydrogens is 276 g/mol. The van der Waals surface area contributed by atoms with Crippen molar-refractivity contribution in [2.75, 3.05) is 0 Å². The van der Waals surface area contributed by atoms with Crippen molar-refractivity contribution in [2.45, 2.75) is 25.5 Å². The molecule has 0 fully saturated rings. The monoisotopic (exact) mass is 288 g/mol. The Bertz CT molecular complexity index is 363. The first-order chi connectivity index (χ1) is 6.89. The molecule has 82 valence electrons. The Balaban J connectivity index is 2.74. The van der Waals surface area contributed by atoms with E-state index in [1.54, 1.807) is 0 Å². The van der Waals surface area contributed by atoms with Gasteiger partial charge in [-0.05, 0) is 48.8 Å². The molecule has 15 heavy (non-hydrogen) atoms. The molecule has 0 amide bonds. The second kappa shape index (κ2) is 5.09. The quantitative estimate of drug-likeness (QED) is 0.477. The largest absolute Gasteiger partial charge is 0.591 e. The van der Waals surface area contributed by atoms with E-state index in [4.69, 9.17) is 0 Å². The van der Waals surface area contributed by atoms with Gasteiger partial charge >= 0.3 is 0 Å². The molecule has 0 N–H and O–H groups in total. The highest BCUT2D eigenvalue weighted by atomic mass is 79.9. The van der Waals surface area contributed by atoms with Crippen molar-refractivity contribution >= 4 is 33.5 Å². The van der Waals surface area contributed by atoms with Crippen molar-refractivity contribution in [1.29, 1.82) is 0 Å². The number of hydrogen-bond donors (Lipinski definition) is 0. The van der Waals surface area contributed by atoms with Crippen LogP contribution in [0.1, 0.15) is 26.5 Å². The van der Waals surface area contributed by atoms with Crippen molar-refractivity contribution in [1.82, 2.24) is 4.98 Å². The molecule has 0 saturated carbocycles. The normalized spacial score (nSPS) is 14.5. The fraction of sp³-hybridized carbons (Fsp3) is 0.400. The molecule has 0 aromatic carbocycles. The van der Waals surface area contributed by atoms with Gasteiger partial charge in [0.25, 0.3) is 0 Å². The van der Waals surface area contributed by atoms with E-state index in [0.717, 1.165) is 4.60 Å². The average molecular weight is 289 g/mol. The summed E-state index contributed by atoms with van der Waals surface area (Å²) in [6.07, 6.45) is 1.53. The van der Waals surface area contributed by atoms with E-state index in [2.05, 4.69) is 25.3 Å². The SMILES string of the molecule is CC(C)(C)[S@+]([O-])/N=C\c1cccc(Br)n1. The summed E-state index contributed by atoms with van der Waals surface area (Å²) in [7, 11) is 0. The third kappa shape index (κ3) is 4.32. The van der Waals surface area contributed by atoms with Crippen LogP contribution in [0.25, 0.3) is 0 Å². The lowest BCUT2D eigenvalue weighted by atomic mass is 10.3. The van der Waals surface area contributed by atoms with Crippen molar-refractivity contribution in [2.24, 2.45) is 4.40 Å². The molecule has 0 aliphatic rings. The first kappa shape index (κ1) is 12.7. The Morgan fingerprint density at radius 2 is 2.13 bits per heavy atom. The van der Waals surface area contributed by atoms with E-state index >= 15 is 0 Å². The standard InChI is InChI=1S/C10H13BrN2OS/c1-10(2,3)15(14)12-7-8-5-4-6-9(11)13-8/h4-7H,1-3H3/b12-7-/t15-/m0/s1. The Hall–Kier alpha value is -0.390. The first-order valence-corrected chi connectivity index (χ1v) is 6.38. The second-order valence-electron chi connectivity index (χ2n) is 3.98. The maximum Gasteiger partial charge on any atom is 0.144 e. The van der Waals surface area contributed by atoms with E-state index in [9.17, 15) is 4.55 Å². The molecule has 0 spiro atoms. The molecule has 5 heteroatoms. The lowest BCUT2D eigenvalue weighted by Crippen LogP contribution is -2.25. The molecule has 1 aromatic rings. The molecule has 3 nitrogen and oxygen atoms in total. The highest BCUT2D eigenvalue weighted by Gasteiger charge is 2.25. The summed E-state index contributed by atoms with van der Waals surface area (Å²) in [6, 6.07) is 5.50. The van der Waals surface area contributed by atoms with Crippen LogP contribution in [-0.2, 0) is 11.4 Å². The smallest absolute Gasteiger partial charge is 0.144 e. The molecule has 0 bridgehead atoms. The van der Waals surface area contributed by atoms with Crippen LogP contribution < -0.4 is 0 Å². The van der Waals surface area contributed by atoms with Gasteiger partial charge in [-0.1, -0.05) is 10.5 Å². The molecule has 0 aliphatic carbocycles. The molecule has 1 atom stereocenters. The van der Waals surface area contributed by atoms with E-state index in [1.165, 1.54) is 6.21 Å². The van der Waals surface area contributed by atoms with Gasteiger partial charge in [0.05, 0.1) is 5.69 Å². The molecule has 0 aliphatic heterocycles. The number of halogens is 1. The van der Waals surface area contributed by atoms with Gasteiger partial charge in [-0.3, -0.25) is 0 Å². The average Bonchev–Trinajstić information content (AvgIpc) is 2.12. The summed E-state index contributed by atoms with van der Waals surface area (Å²) in [6.45, 7) is 5.65. The summed E-state index contributed by atoms with van der Waals surface area (Å²) >= 11 is 2.03. The number of rotatable bonds is 2. The van der Waals surface area contributed by atoms with Crippen molar-refractivity contribution < 1.29 is 4.55 Å². The summed E-state index contributed by atoms with van der Waals surface area (Å²) in [5.74, 6) is 0. The first-order valence-electron chi connectivity index (χ1n) is 4.48. The third-order valence-corrected chi connectivity index (χ3v) is 3.33. The molecule has 1 heterocycles. The van der Waals surface area contributed by atoms with E-state index < -0.39 is 11.4 Å². The number of aromatic nitrogens is 1. The van der Waals surface area contributed by atoms with E-state index in [-0.39, 0.29) is 4.75 Å².